The summed E-state index contributed by atoms with van der Waals surface area (Å²) < 4.78 is 19.9. The molecule has 0 saturated carbocycles. The smallest absolute Gasteiger partial charge is 0.127 e. The predicted octanol–water partition coefficient (Wildman–Crippen LogP) is 3.03. The highest BCUT2D eigenvalue weighted by atomic mass is 79.9. The third-order valence-corrected chi connectivity index (χ3v) is 3.58. The summed E-state index contributed by atoms with van der Waals surface area (Å²) in [5.74, 6) is -0.192. The van der Waals surface area contributed by atoms with Crippen LogP contribution in [0.25, 0.3) is 0 Å². The van der Waals surface area contributed by atoms with E-state index in [1.54, 1.807) is 6.07 Å². The summed E-state index contributed by atoms with van der Waals surface area (Å²) in [6.45, 7) is 0.837. The molecule has 2 N–H and O–H groups in total. The predicted molar refractivity (Wildman–Crippen MR) is 69.4 cm³/mol. The number of hydrogen-bond donors (Lipinski definition) is 1. The molecule has 2 unspecified atom stereocenters. The molecule has 1 saturated heterocycles. The Labute approximate surface area is 109 Å². The Balaban J connectivity index is 1.90. The van der Waals surface area contributed by atoms with Gasteiger partial charge in [0.1, 0.15) is 5.82 Å². The minimum Gasteiger partial charge on any atom is -0.378 e. The average molecular weight is 302 g/mol. The van der Waals surface area contributed by atoms with Crippen LogP contribution in [0.1, 0.15) is 24.8 Å². The van der Waals surface area contributed by atoms with Crippen molar-refractivity contribution in [1.29, 1.82) is 0 Å². The average Bonchev–Trinajstić information content (AvgIpc) is 2.75. The summed E-state index contributed by atoms with van der Waals surface area (Å²) in [6.07, 6.45) is 3.85. The lowest BCUT2D eigenvalue weighted by molar-refractivity contribution is 0.0982. The summed E-state index contributed by atoms with van der Waals surface area (Å²) in [4.78, 5) is 0. The van der Waals surface area contributed by atoms with Crippen molar-refractivity contribution in [2.45, 2.75) is 37.8 Å². The highest BCUT2D eigenvalue weighted by Crippen LogP contribution is 2.20. The van der Waals surface area contributed by atoms with Crippen LogP contribution < -0.4 is 5.73 Å². The van der Waals surface area contributed by atoms with Crippen LogP contribution in [0.2, 0.25) is 0 Å². The van der Waals surface area contributed by atoms with E-state index in [0.717, 1.165) is 30.3 Å². The van der Waals surface area contributed by atoms with Crippen LogP contribution in [-0.4, -0.2) is 18.8 Å². The zero-order valence-electron chi connectivity index (χ0n) is 9.66. The molecule has 0 bridgehead atoms. The van der Waals surface area contributed by atoms with Crippen molar-refractivity contribution in [1.82, 2.24) is 0 Å². The van der Waals surface area contributed by atoms with Gasteiger partial charge in [0.05, 0.1) is 6.10 Å². The quantitative estimate of drug-likeness (QED) is 0.928. The van der Waals surface area contributed by atoms with Gasteiger partial charge in [-0.05, 0) is 43.4 Å². The first-order chi connectivity index (χ1) is 8.15. The second-order valence-electron chi connectivity index (χ2n) is 4.57. The first-order valence-corrected chi connectivity index (χ1v) is 6.75. The normalized spacial score (nSPS) is 21.7. The molecule has 1 aromatic rings. The Morgan fingerprint density at radius 3 is 3.00 bits per heavy atom. The van der Waals surface area contributed by atoms with E-state index in [1.165, 1.54) is 6.07 Å². The minimum absolute atomic E-state index is 0.0335. The van der Waals surface area contributed by atoms with Crippen LogP contribution in [0.3, 0.4) is 0 Å². The Hall–Kier alpha value is -0.450. The summed E-state index contributed by atoms with van der Waals surface area (Å²) in [5.41, 5.74) is 6.71. The fourth-order valence-corrected chi connectivity index (χ4v) is 2.55. The zero-order chi connectivity index (χ0) is 12.3. The number of nitrogens with two attached hydrogens (primary N) is 1. The van der Waals surface area contributed by atoms with Crippen molar-refractivity contribution in [3.8, 4) is 0 Å². The van der Waals surface area contributed by atoms with Crippen LogP contribution in [0.4, 0.5) is 4.39 Å². The Kier molecular flexibility index (Phi) is 4.54. The van der Waals surface area contributed by atoms with E-state index in [0.29, 0.717) is 12.0 Å². The fourth-order valence-electron chi connectivity index (χ4n) is 2.22. The lowest BCUT2D eigenvalue weighted by Crippen LogP contribution is -2.28. The monoisotopic (exact) mass is 301 g/mol. The van der Waals surface area contributed by atoms with Crippen molar-refractivity contribution >= 4 is 15.9 Å². The van der Waals surface area contributed by atoms with Gasteiger partial charge in [0.25, 0.3) is 0 Å². The lowest BCUT2D eigenvalue weighted by atomic mass is 10.00. The molecular formula is C13H17BrFNO. The third kappa shape index (κ3) is 3.76. The highest BCUT2D eigenvalue weighted by molar-refractivity contribution is 9.10. The maximum atomic E-state index is 13.6. The van der Waals surface area contributed by atoms with E-state index >= 15 is 0 Å². The van der Waals surface area contributed by atoms with Gasteiger partial charge in [0.15, 0.2) is 0 Å². The number of benzene rings is 1. The molecule has 17 heavy (non-hydrogen) atoms. The van der Waals surface area contributed by atoms with Gasteiger partial charge in [-0.1, -0.05) is 22.0 Å². The molecule has 1 aromatic carbocycles. The van der Waals surface area contributed by atoms with Crippen LogP contribution in [0.5, 0.6) is 0 Å². The SMILES string of the molecule is NC(Cc1ccc(Br)cc1F)CC1CCCO1. The molecule has 4 heteroatoms. The highest BCUT2D eigenvalue weighted by Gasteiger charge is 2.19. The number of halogens is 2. The minimum atomic E-state index is -0.192. The van der Waals surface area contributed by atoms with E-state index in [1.807, 2.05) is 6.07 Å². The maximum Gasteiger partial charge on any atom is 0.127 e. The summed E-state index contributed by atoms with van der Waals surface area (Å²) >= 11 is 3.24. The van der Waals surface area contributed by atoms with Gasteiger partial charge in [0, 0.05) is 17.1 Å². The van der Waals surface area contributed by atoms with E-state index in [4.69, 9.17) is 10.5 Å². The molecule has 1 aliphatic heterocycles. The molecule has 1 aliphatic rings. The van der Waals surface area contributed by atoms with E-state index in [2.05, 4.69) is 15.9 Å². The Morgan fingerprint density at radius 1 is 1.53 bits per heavy atom. The van der Waals surface area contributed by atoms with Crippen LogP contribution in [-0.2, 0) is 11.2 Å². The van der Waals surface area contributed by atoms with Crippen LogP contribution >= 0.6 is 15.9 Å². The van der Waals surface area contributed by atoms with E-state index < -0.39 is 0 Å². The molecule has 1 heterocycles. The fraction of sp³-hybridized carbons (Fsp3) is 0.538. The molecule has 0 aliphatic carbocycles. The summed E-state index contributed by atoms with van der Waals surface area (Å²) in [6, 6.07) is 5.08. The van der Waals surface area contributed by atoms with E-state index in [9.17, 15) is 4.39 Å². The van der Waals surface area contributed by atoms with Gasteiger partial charge in [-0.3, -0.25) is 0 Å². The molecule has 1 fully saturated rings. The molecule has 94 valence electrons. The third-order valence-electron chi connectivity index (χ3n) is 3.09. The molecule has 0 amide bonds. The molecule has 2 nitrogen and oxygen atoms in total. The van der Waals surface area contributed by atoms with Crippen molar-refractivity contribution in [3.63, 3.8) is 0 Å². The maximum absolute atomic E-state index is 13.6. The number of hydrogen-bond acceptors (Lipinski definition) is 2. The van der Waals surface area contributed by atoms with E-state index in [-0.39, 0.29) is 18.0 Å². The van der Waals surface area contributed by atoms with Crippen LogP contribution in [0, 0.1) is 5.82 Å². The lowest BCUT2D eigenvalue weighted by Gasteiger charge is -2.16. The van der Waals surface area contributed by atoms with Crippen molar-refractivity contribution in [2.75, 3.05) is 6.61 Å². The van der Waals surface area contributed by atoms with Crippen LogP contribution in [0.15, 0.2) is 22.7 Å². The Bertz CT molecular complexity index is 380. The van der Waals surface area contributed by atoms with Crippen molar-refractivity contribution < 1.29 is 9.13 Å². The van der Waals surface area contributed by atoms with Gasteiger partial charge >= 0.3 is 0 Å². The largest absolute Gasteiger partial charge is 0.378 e. The first-order valence-electron chi connectivity index (χ1n) is 5.96. The molecule has 0 aromatic heterocycles. The van der Waals surface area contributed by atoms with Gasteiger partial charge in [-0.15, -0.1) is 0 Å². The molecule has 0 spiro atoms. The second-order valence-corrected chi connectivity index (χ2v) is 5.49. The molecule has 2 atom stereocenters. The molecular weight excluding hydrogens is 285 g/mol. The number of rotatable bonds is 4. The summed E-state index contributed by atoms with van der Waals surface area (Å²) in [5, 5.41) is 0. The topological polar surface area (TPSA) is 35.2 Å². The van der Waals surface area contributed by atoms with Gasteiger partial charge in [-0.25, -0.2) is 4.39 Å². The standard InChI is InChI=1S/C13H17BrFNO/c14-10-4-3-9(13(15)7-10)6-11(16)8-12-2-1-5-17-12/h3-4,7,11-12H,1-2,5-6,8,16H2. The molecule has 2 rings (SSSR count). The second kappa shape index (κ2) is 5.94. The zero-order valence-corrected chi connectivity index (χ0v) is 11.2. The van der Waals surface area contributed by atoms with Gasteiger partial charge < -0.3 is 10.5 Å². The summed E-state index contributed by atoms with van der Waals surface area (Å²) in [7, 11) is 0. The molecule has 0 radical (unpaired) electrons. The van der Waals surface area contributed by atoms with Crippen molar-refractivity contribution in [2.24, 2.45) is 5.73 Å². The van der Waals surface area contributed by atoms with Gasteiger partial charge in [0.2, 0.25) is 0 Å². The number of ether oxygens (including phenoxy) is 1. The van der Waals surface area contributed by atoms with Crippen molar-refractivity contribution in [3.05, 3.63) is 34.1 Å². The Morgan fingerprint density at radius 2 is 2.35 bits per heavy atom. The first kappa shape index (κ1) is 13.0. The van der Waals surface area contributed by atoms with Gasteiger partial charge in [-0.2, -0.15) is 0 Å².